The Kier molecular flexibility index (Phi) is 16.9. The van der Waals surface area contributed by atoms with Crippen molar-refractivity contribution < 1.29 is 9.53 Å². The van der Waals surface area contributed by atoms with Crippen molar-refractivity contribution in [3.63, 3.8) is 0 Å². The summed E-state index contributed by atoms with van der Waals surface area (Å²) in [5, 5.41) is 0. The minimum absolute atomic E-state index is 0.0664. The quantitative estimate of drug-likeness (QED) is 0.0616. The van der Waals surface area contributed by atoms with Gasteiger partial charge in [-0.05, 0) is 104 Å². The predicted molar refractivity (Wildman–Crippen MR) is 207 cm³/mol. The molecule has 0 unspecified atom stereocenters. The maximum Gasteiger partial charge on any atom is 0.306 e. The SMILES string of the molecule is CCCCCCCCCCCCCCCCCC(=O)O[C@H]1CC[C@@]2(C)C(=CC[C@H]3[C@@H]4CC[C@H](CCC[C@@H](CC)C(C)C)[C@@]4(C)CC[C@@H]32)C1. The summed E-state index contributed by atoms with van der Waals surface area (Å²) in [6.07, 6.45) is 39.9. The van der Waals surface area contributed by atoms with E-state index in [-0.39, 0.29) is 12.1 Å². The molecule has 278 valence electrons. The van der Waals surface area contributed by atoms with Crippen LogP contribution in [0.25, 0.3) is 0 Å². The largest absolute Gasteiger partial charge is 0.462 e. The van der Waals surface area contributed by atoms with Crippen LogP contribution in [0.15, 0.2) is 11.6 Å². The maximum absolute atomic E-state index is 12.8. The Balaban J connectivity index is 1.10. The Hall–Kier alpha value is -0.790. The molecule has 3 fully saturated rings. The molecule has 0 amide bonds. The third kappa shape index (κ3) is 10.9. The van der Waals surface area contributed by atoms with Crippen LogP contribution in [0.3, 0.4) is 0 Å². The van der Waals surface area contributed by atoms with E-state index in [0.717, 1.165) is 54.8 Å². The molecular formula is C46H82O2. The lowest BCUT2D eigenvalue weighted by Crippen LogP contribution is -2.50. The number of carbonyl (C=O) groups is 1. The molecule has 0 spiro atoms. The van der Waals surface area contributed by atoms with Gasteiger partial charge in [0.05, 0.1) is 0 Å². The zero-order chi connectivity index (χ0) is 34.4. The molecule has 0 aromatic rings. The van der Waals surface area contributed by atoms with E-state index in [1.165, 1.54) is 154 Å². The van der Waals surface area contributed by atoms with Crippen molar-refractivity contribution in [1.82, 2.24) is 0 Å². The molecule has 3 saturated carbocycles. The van der Waals surface area contributed by atoms with Crippen LogP contribution in [0.1, 0.15) is 221 Å². The van der Waals surface area contributed by atoms with Crippen LogP contribution in [-0.2, 0) is 9.53 Å². The van der Waals surface area contributed by atoms with Crippen LogP contribution in [0.5, 0.6) is 0 Å². The number of rotatable bonds is 23. The van der Waals surface area contributed by atoms with Crippen LogP contribution in [0, 0.1) is 46.3 Å². The molecule has 0 radical (unpaired) electrons. The Labute approximate surface area is 300 Å². The Morgan fingerprint density at radius 2 is 1.40 bits per heavy atom. The zero-order valence-electron chi connectivity index (χ0n) is 33.2. The fourth-order valence-corrected chi connectivity index (χ4v) is 11.8. The molecule has 0 aliphatic heterocycles. The summed E-state index contributed by atoms with van der Waals surface area (Å²) in [6, 6.07) is 0. The molecule has 4 rings (SSSR count). The molecule has 48 heavy (non-hydrogen) atoms. The number of allylic oxidation sites excluding steroid dienone is 1. The van der Waals surface area contributed by atoms with E-state index in [2.05, 4.69) is 47.6 Å². The van der Waals surface area contributed by atoms with E-state index in [1.807, 2.05) is 0 Å². The van der Waals surface area contributed by atoms with Crippen molar-refractivity contribution in [3.8, 4) is 0 Å². The third-order valence-corrected chi connectivity index (χ3v) is 15.1. The van der Waals surface area contributed by atoms with Crippen LogP contribution in [0.4, 0.5) is 0 Å². The van der Waals surface area contributed by atoms with Crippen molar-refractivity contribution in [1.29, 1.82) is 0 Å². The smallest absolute Gasteiger partial charge is 0.306 e. The highest BCUT2D eigenvalue weighted by Gasteiger charge is 2.58. The molecular weight excluding hydrogens is 585 g/mol. The van der Waals surface area contributed by atoms with Crippen molar-refractivity contribution >= 4 is 5.97 Å². The van der Waals surface area contributed by atoms with E-state index in [4.69, 9.17) is 4.74 Å². The lowest BCUT2D eigenvalue weighted by molar-refractivity contribution is -0.151. The van der Waals surface area contributed by atoms with Crippen molar-refractivity contribution in [2.24, 2.45) is 46.3 Å². The predicted octanol–water partition coefficient (Wildman–Crippen LogP) is 14.6. The molecule has 0 aromatic heterocycles. The Bertz CT molecular complexity index is 950. The number of ether oxygens (including phenoxy) is 1. The lowest BCUT2D eigenvalue weighted by atomic mass is 9.47. The molecule has 8 atom stereocenters. The highest BCUT2D eigenvalue weighted by molar-refractivity contribution is 5.69. The zero-order valence-corrected chi connectivity index (χ0v) is 33.2. The van der Waals surface area contributed by atoms with Crippen LogP contribution in [-0.4, -0.2) is 12.1 Å². The van der Waals surface area contributed by atoms with Gasteiger partial charge in [0.1, 0.15) is 6.10 Å². The van der Waals surface area contributed by atoms with Crippen molar-refractivity contribution in [2.45, 2.75) is 227 Å². The number of hydrogen-bond acceptors (Lipinski definition) is 2. The number of carbonyl (C=O) groups excluding carboxylic acids is 1. The molecule has 0 saturated heterocycles. The van der Waals surface area contributed by atoms with Crippen molar-refractivity contribution in [2.75, 3.05) is 0 Å². The van der Waals surface area contributed by atoms with E-state index in [0.29, 0.717) is 17.3 Å². The van der Waals surface area contributed by atoms with Crippen LogP contribution >= 0.6 is 0 Å². The highest BCUT2D eigenvalue weighted by Crippen LogP contribution is 2.67. The monoisotopic (exact) mass is 667 g/mol. The summed E-state index contributed by atoms with van der Waals surface area (Å²) in [6.45, 7) is 14.9. The number of unbranched alkanes of at least 4 members (excludes halogenated alkanes) is 14. The van der Waals surface area contributed by atoms with Gasteiger partial charge in [0.15, 0.2) is 0 Å². The average Bonchev–Trinajstić information content (AvgIpc) is 3.40. The number of fused-ring (bicyclic) bond motifs is 5. The third-order valence-electron chi connectivity index (χ3n) is 15.1. The van der Waals surface area contributed by atoms with Gasteiger partial charge in [-0.3, -0.25) is 4.79 Å². The lowest BCUT2D eigenvalue weighted by Gasteiger charge is -2.58. The summed E-state index contributed by atoms with van der Waals surface area (Å²) >= 11 is 0. The first-order valence-corrected chi connectivity index (χ1v) is 22.1. The van der Waals surface area contributed by atoms with Gasteiger partial charge in [-0.2, -0.15) is 0 Å². The summed E-state index contributed by atoms with van der Waals surface area (Å²) in [4.78, 5) is 12.8. The van der Waals surface area contributed by atoms with Crippen LogP contribution in [0.2, 0.25) is 0 Å². The number of hydrogen-bond donors (Lipinski definition) is 0. The first-order valence-electron chi connectivity index (χ1n) is 22.1. The summed E-state index contributed by atoms with van der Waals surface area (Å²) in [7, 11) is 0. The Morgan fingerprint density at radius 1 is 0.771 bits per heavy atom. The van der Waals surface area contributed by atoms with E-state index in [9.17, 15) is 4.79 Å². The summed E-state index contributed by atoms with van der Waals surface area (Å²) in [5.74, 6) is 5.41. The standard InChI is InChI=1S/C46H82O2/c1-7-9-10-11-12-13-14-15-16-17-18-19-20-21-22-26-44(47)48-40-31-33-46(6)39(35-40)27-29-41-42-30-28-38(45(42,5)34-32-43(41)46)25-23-24-37(8-2)36(3)4/h27,36-38,40-43H,7-26,28-35H2,1-6H3/t37-,38+,40+,41+,42+,43+,45-,46+/m1/s1. The number of esters is 1. The fourth-order valence-electron chi connectivity index (χ4n) is 11.8. The van der Waals surface area contributed by atoms with Gasteiger partial charge in [-0.1, -0.05) is 162 Å². The van der Waals surface area contributed by atoms with Gasteiger partial charge < -0.3 is 4.74 Å². The van der Waals surface area contributed by atoms with Crippen LogP contribution < -0.4 is 0 Å². The van der Waals surface area contributed by atoms with E-state index < -0.39 is 0 Å². The topological polar surface area (TPSA) is 26.3 Å². The van der Waals surface area contributed by atoms with E-state index in [1.54, 1.807) is 5.57 Å². The molecule has 4 aliphatic rings. The highest BCUT2D eigenvalue weighted by atomic mass is 16.5. The minimum atomic E-state index is 0.0664. The first kappa shape index (κ1) is 40.0. The molecule has 2 nitrogen and oxygen atoms in total. The minimum Gasteiger partial charge on any atom is -0.462 e. The second-order valence-corrected chi connectivity index (χ2v) is 18.5. The van der Waals surface area contributed by atoms with E-state index >= 15 is 0 Å². The normalized spacial score (nSPS) is 32.0. The molecule has 2 heteroatoms. The van der Waals surface area contributed by atoms with Gasteiger partial charge in [0.25, 0.3) is 0 Å². The van der Waals surface area contributed by atoms with Gasteiger partial charge in [0.2, 0.25) is 0 Å². The summed E-state index contributed by atoms with van der Waals surface area (Å²) < 4.78 is 6.14. The maximum atomic E-state index is 12.8. The first-order chi connectivity index (χ1) is 23.2. The molecule has 0 bridgehead atoms. The molecule has 4 aliphatic carbocycles. The molecule has 0 aromatic carbocycles. The fraction of sp³-hybridized carbons (Fsp3) is 0.935. The molecule has 0 N–H and O–H groups in total. The van der Waals surface area contributed by atoms with Gasteiger partial charge >= 0.3 is 5.97 Å². The second kappa shape index (κ2) is 20.3. The Morgan fingerprint density at radius 3 is 2.00 bits per heavy atom. The van der Waals surface area contributed by atoms with Gasteiger partial charge in [-0.25, -0.2) is 0 Å². The average molecular weight is 667 g/mol. The molecule has 0 heterocycles. The summed E-state index contributed by atoms with van der Waals surface area (Å²) in [5.41, 5.74) is 2.56. The second-order valence-electron chi connectivity index (χ2n) is 18.5. The van der Waals surface area contributed by atoms with Gasteiger partial charge in [-0.15, -0.1) is 0 Å². The van der Waals surface area contributed by atoms with Crippen molar-refractivity contribution in [3.05, 3.63) is 11.6 Å². The van der Waals surface area contributed by atoms with Gasteiger partial charge in [0, 0.05) is 12.8 Å².